The highest BCUT2D eigenvalue weighted by Gasteiger charge is 2.27. The summed E-state index contributed by atoms with van der Waals surface area (Å²) in [5.74, 6) is -0.0549. The van der Waals surface area contributed by atoms with Crippen molar-refractivity contribution in [3.63, 3.8) is 0 Å². The summed E-state index contributed by atoms with van der Waals surface area (Å²) in [6, 6.07) is 5.98. The van der Waals surface area contributed by atoms with Crippen LogP contribution < -0.4 is 5.32 Å². The number of rotatable bonds is 7. The molecule has 3 rings (SSSR count). The lowest BCUT2D eigenvalue weighted by Gasteiger charge is -2.22. The first-order valence-corrected chi connectivity index (χ1v) is 10.6. The van der Waals surface area contributed by atoms with Crippen molar-refractivity contribution in [3.05, 3.63) is 42.2 Å². The highest BCUT2D eigenvalue weighted by molar-refractivity contribution is 7.89. The molecule has 1 aliphatic heterocycles. The maximum absolute atomic E-state index is 12.6. The van der Waals surface area contributed by atoms with Gasteiger partial charge in [-0.1, -0.05) is 13.8 Å². The van der Waals surface area contributed by atoms with E-state index >= 15 is 0 Å². The first-order chi connectivity index (χ1) is 12.9. The normalized spacial score (nSPS) is 16.6. The van der Waals surface area contributed by atoms with Crippen molar-refractivity contribution in [2.45, 2.75) is 44.2 Å². The average molecular weight is 391 g/mol. The van der Waals surface area contributed by atoms with E-state index in [1.165, 1.54) is 21.2 Å². The summed E-state index contributed by atoms with van der Waals surface area (Å²) >= 11 is 0. The molecule has 8 nitrogen and oxygen atoms in total. The van der Waals surface area contributed by atoms with Gasteiger partial charge in [0, 0.05) is 18.7 Å². The fraction of sp³-hybridized carbons (Fsp3) is 0.500. The molecule has 146 valence electrons. The molecule has 1 N–H and O–H groups in total. The lowest BCUT2D eigenvalue weighted by Crippen LogP contribution is -2.42. The molecular weight excluding hydrogens is 366 g/mol. The van der Waals surface area contributed by atoms with E-state index in [9.17, 15) is 13.2 Å². The van der Waals surface area contributed by atoms with Gasteiger partial charge in [0.25, 0.3) is 5.91 Å². The molecule has 1 atom stereocenters. The lowest BCUT2D eigenvalue weighted by atomic mass is 10.0. The number of aromatic nitrogens is 3. The molecule has 1 aromatic carbocycles. The predicted octanol–water partition coefficient (Wildman–Crippen LogP) is 1.52. The Morgan fingerprint density at radius 2 is 1.70 bits per heavy atom. The number of amides is 1. The number of sulfonamides is 1. The molecule has 0 radical (unpaired) electrons. The van der Waals surface area contributed by atoms with Crippen molar-refractivity contribution in [2.75, 3.05) is 13.1 Å². The van der Waals surface area contributed by atoms with Crippen molar-refractivity contribution < 1.29 is 13.2 Å². The van der Waals surface area contributed by atoms with Crippen molar-refractivity contribution in [2.24, 2.45) is 5.92 Å². The minimum atomic E-state index is -3.47. The van der Waals surface area contributed by atoms with Gasteiger partial charge < -0.3 is 5.32 Å². The first-order valence-electron chi connectivity index (χ1n) is 9.13. The second-order valence-electron chi connectivity index (χ2n) is 7.04. The maximum Gasteiger partial charge on any atom is 0.251 e. The third-order valence-corrected chi connectivity index (χ3v) is 6.68. The van der Waals surface area contributed by atoms with E-state index in [0.717, 1.165) is 12.8 Å². The average Bonchev–Trinajstić information content (AvgIpc) is 3.35. The predicted molar refractivity (Wildman–Crippen MR) is 101 cm³/mol. The third-order valence-electron chi connectivity index (χ3n) is 4.77. The summed E-state index contributed by atoms with van der Waals surface area (Å²) in [6.07, 6.45) is 4.97. The second-order valence-corrected chi connectivity index (χ2v) is 8.98. The Kier molecular flexibility index (Phi) is 5.91. The number of benzene rings is 1. The van der Waals surface area contributed by atoms with Gasteiger partial charge in [-0.15, -0.1) is 0 Å². The Bertz CT molecular complexity index is 857. The lowest BCUT2D eigenvalue weighted by molar-refractivity contribution is 0.0917. The van der Waals surface area contributed by atoms with Gasteiger partial charge in [-0.05, 0) is 43.0 Å². The van der Waals surface area contributed by atoms with Crippen LogP contribution in [-0.4, -0.2) is 52.8 Å². The van der Waals surface area contributed by atoms with Gasteiger partial charge in [0.2, 0.25) is 10.0 Å². The number of nitrogens with one attached hydrogen (secondary N) is 1. The molecule has 0 spiro atoms. The number of carbonyl (C=O) groups is 1. The van der Waals surface area contributed by atoms with Crippen molar-refractivity contribution in [3.8, 4) is 0 Å². The van der Waals surface area contributed by atoms with Gasteiger partial charge >= 0.3 is 0 Å². The topological polar surface area (TPSA) is 97.2 Å². The zero-order chi connectivity index (χ0) is 19.4. The molecule has 9 heteroatoms. The van der Waals surface area contributed by atoms with Gasteiger partial charge in [0.1, 0.15) is 0 Å². The van der Waals surface area contributed by atoms with E-state index < -0.39 is 10.0 Å². The SMILES string of the molecule is CC(C)C(Cn1nccn1)NC(=O)c1ccc(S(=O)(=O)N2CCCC2)cc1. The van der Waals surface area contributed by atoms with E-state index in [2.05, 4.69) is 15.5 Å². The highest BCUT2D eigenvalue weighted by Crippen LogP contribution is 2.21. The van der Waals surface area contributed by atoms with Crippen LogP contribution in [0, 0.1) is 5.92 Å². The number of nitrogens with zero attached hydrogens (tertiary/aromatic N) is 4. The smallest absolute Gasteiger partial charge is 0.251 e. The van der Waals surface area contributed by atoms with E-state index in [0.29, 0.717) is 25.2 Å². The van der Waals surface area contributed by atoms with E-state index in [4.69, 9.17) is 0 Å². The fourth-order valence-electron chi connectivity index (χ4n) is 3.04. The van der Waals surface area contributed by atoms with Crippen molar-refractivity contribution in [1.82, 2.24) is 24.6 Å². The number of hydrogen-bond acceptors (Lipinski definition) is 5. The Morgan fingerprint density at radius 1 is 1.11 bits per heavy atom. The van der Waals surface area contributed by atoms with Crippen LogP contribution in [0.25, 0.3) is 0 Å². The van der Waals surface area contributed by atoms with E-state index in [1.54, 1.807) is 24.5 Å². The summed E-state index contributed by atoms with van der Waals surface area (Å²) in [5, 5.41) is 11.1. The van der Waals surface area contributed by atoms with Crippen LogP contribution in [0.15, 0.2) is 41.6 Å². The molecule has 0 saturated carbocycles. The zero-order valence-electron chi connectivity index (χ0n) is 15.6. The maximum atomic E-state index is 12.6. The summed E-state index contributed by atoms with van der Waals surface area (Å²) in [5.41, 5.74) is 0.425. The minimum Gasteiger partial charge on any atom is -0.347 e. The molecule has 2 aromatic rings. The monoisotopic (exact) mass is 391 g/mol. The zero-order valence-corrected chi connectivity index (χ0v) is 16.4. The molecule has 0 aliphatic carbocycles. The first kappa shape index (κ1) is 19.5. The molecule has 1 fully saturated rings. The van der Waals surface area contributed by atoms with Crippen molar-refractivity contribution >= 4 is 15.9 Å². The molecular formula is C18H25N5O3S. The molecule has 2 heterocycles. The van der Waals surface area contributed by atoms with Crippen LogP contribution in [0.2, 0.25) is 0 Å². The Balaban J connectivity index is 1.69. The van der Waals surface area contributed by atoms with Crippen LogP contribution in [0.3, 0.4) is 0 Å². The van der Waals surface area contributed by atoms with Gasteiger partial charge in [-0.3, -0.25) is 4.79 Å². The van der Waals surface area contributed by atoms with Crippen LogP contribution >= 0.6 is 0 Å². The van der Waals surface area contributed by atoms with Gasteiger partial charge in [0.15, 0.2) is 0 Å². The Hall–Kier alpha value is -2.26. The van der Waals surface area contributed by atoms with E-state index in [1.807, 2.05) is 13.8 Å². The Morgan fingerprint density at radius 3 is 2.26 bits per heavy atom. The number of hydrogen-bond donors (Lipinski definition) is 1. The highest BCUT2D eigenvalue weighted by atomic mass is 32.2. The molecule has 0 bridgehead atoms. The molecule has 1 aromatic heterocycles. The summed E-state index contributed by atoms with van der Waals surface area (Å²) in [7, 11) is -3.47. The molecule has 1 amide bonds. The Labute approximate surface area is 159 Å². The van der Waals surface area contributed by atoms with Crippen LogP contribution in [0.4, 0.5) is 0 Å². The fourth-order valence-corrected chi connectivity index (χ4v) is 4.56. The third kappa shape index (κ3) is 4.54. The number of carbonyl (C=O) groups excluding carboxylic acids is 1. The van der Waals surface area contributed by atoms with Crippen LogP contribution in [0.1, 0.15) is 37.0 Å². The summed E-state index contributed by atoms with van der Waals surface area (Å²) in [4.78, 5) is 14.3. The minimum absolute atomic E-state index is 0.141. The van der Waals surface area contributed by atoms with Crippen LogP contribution in [0.5, 0.6) is 0 Å². The summed E-state index contributed by atoms with van der Waals surface area (Å²) < 4.78 is 26.6. The largest absolute Gasteiger partial charge is 0.347 e. The molecule has 27 heavy (non-hydrogen) atoms. The standard InChI is InChI=1S/C18H25N5O3S/c1-14(2)17(13-23-19-9-10-20-23)21-18(24)15-5-7-16(8-6-15)27(25,26)22-11-3-4-12-22/h5-10,14,17H,3-4,11-13H2,1-2H3,(H,21,24). The van der Waals surface area contributed by atoms with E-state index in [-0.39, 0.29) is 22.8 Å². The quantitative estimate of drug-likeness (QED) is 0.772. The molecule has 1 aliphatic rings. The van der Waals surface area contributed by atoms with Crippen molar-refractivity contribution in [1.29, 1.82) is 0 Å². The van der Waals surface area contributed by atoms with Gasteiger partial charge in [-0.25, -0.2) is 8.42 Å². The van der Waals surface area contributed by atoms with Gasteiger partial charge in [0.05, 0.1) is 29.9 Å². The summed E-state index contributed by atoms with van der Waals surface area (Å²) in [6.45, 7) is 5.61. The van der Waals surface area contributed by atoms with Crippen LogP contribution in [-0.2, 0) is 16.6 Å². The molecule has 1 saturated heterocycles. The van der Waals surface area contributed by atoms with Gasteiger partial charge in [-0.2, -0.15) is 19.3 Å². The second kappa shape index (κ2) is 8.18. The molecule has 1 unspecified atom stereocenters.